The van der Waals surface area contributed by atoms with Gasteiger partial charge in [-0.3, -0.25) is 9.48 Å². The maximum Gasteiger partial charge on any atom is 0.157 e. The Morgan fingerprint density at radius 2 is 1.94 bits per heavy atom. The normalized spacial score (nSPS) is 42.1. The van der Waals surface area contributed by atoms with Crippen LogP contribution in [0, 0.1) is 47.3 Å². The molecule has 1 heterocycles. The number of carbonyl (C=O) groups is 1. The van der Waals surface area contributed by atoms with Crippen LogP contribution in [0.1, 0.15) is 77.2 Å². The molecule has 0 unspecified atom stereocenters. The molecule has 0 amide bonds. The van der Waals surface area contributed by atoms with Crippen molar-refractivity contribution in [1.82, 2.24) is 9.78 Å². The number of methoxy groups -OCH3 is 1. The Kier molecular flexibility index (Phi) is 5.92. The van der Waals surface area contributed by atoms with E-state index in [0.717, 1.165) is 49.6 Å². The molecular formula is C31H44N2O3. The average Bonchev–Trinajstić information content (AvgIpc) is 3.38. The molecule has 4 fully saturated rings. The number of hydrogen-bond donors (Lipinski definition) is 1. The molecule has 0 aliphatic heterocycles. The third kappa shape index (κ3) is 3.79. The molecule has 0 spiro atoms. The molecule has 196 valence electrons. The maximum atomic E-state index is 13.7. The highest BCUT2D eigenvalue weighted by molar-refractivity contribution is 5.83. The van der Waals surface area contributed by atoms with Gasteiger partial charge in [-0.1, -0.05) is 19.1 Å². The number of aryl methyl sites for hydroxylation is 1. The van der Waals surface area contributed by atoms with E-state index in [1.165, 1.54) is 31.2 Å². The second kappa shape index (κ2) is 8.66. The van der Waals surface area contributed by atoms with Crippen molar-refractivity contribution in [2.45, 2.75) is 90.7 Å². The largest absolute Gasteiger partial charge is 0.390 e. The monoisotopic (exact) mass is 492 g/mol. The van der Waals surface area contributed by atoms with Crippen molar-refractivity contribution in [3.63, 3.8) is 0 Å². The summed E-state index contributed by atoms with van der Waals surface area (Å²) in [4.78, 5) is 13.7. The molecule has 5 heteroatoms. The first-order valence-corrected chi connectivity index (χ1v) is 14.3. The zero-order valence-electron chi connectivity index (χ0n) is 22.6. The van der Waals surface area contributed by atoms with E-state index in [4.69, 9.17) is 9.84 Å². The predicted octanol–water partition coefficient (Wildman–Crippen LogP) is 5.95. The summed E-state index contributed by atoms with van der Waals surface area (Å²) in [5, 5.41) is 16.7. The van der Waals surface area contributed by atoms with Crippen LogP contribution in [-0.4, -0.2) is 40.0 Å². The van der Waals surface area contributed by atoms with Crippen LogP contribution in [0.5, 0.6) is 0 Å². The number of fused-ring (bicyclic) bond motifs is 6. The smallest absolute Gasteiger partial charge is 0.157 e. The summed E-state index contributed by atoms with van der Waals surface area (Å²) in [7, 11) is 1.86. The van der Waals surface area contributed by atoms with Crippen LogP contribution in [0.25, 0.3) is 10.9 Å². The number of rotatable bonds is 5. The molecule has 8 atom stereocenters. The van der Waals surface area contributed by atoms with Gasteiger partial charge in [0.2, 0.25) is 0 Å². The first kappa shape index (κ1) is 24.6. The van der Waals surface area contributed by atoms with E-state index >= 15 is 0 Å². The average molecular weight is 493 g/mol. The summed E-state index contributed by atoms with van der Waals surface area (Å²) in [5.41, 5.74) is 1.95. The number of hydrogen-bond acceptors (Lipinski definition) is 4. The molecule has 0 bridgehead atoms. The quantitative estimate of drug-likeness (QED) is 0.560. The second-order valence-electron chi connectivity index (χ2n) is 13.5. The zero-order chi connectivity index (χ0) is 25.3. The van der Waals surface area contributed by atoms with E-state index in [2.05, 4.69) is 32.0 Å². The first-order chi connectivity index (χ1) is 17.1. The zero-order valence-corrected chi connectivity index (χ0v) is 22.6. The predicted molar refractivity (Wildman–Crippen MR) is 142 cm³/mol. The lowest BCUT2D eigenvalue weighted by atomic mass is 9.43. The summed E-state index contributed by atoms with van der Waals surface area (Å²) in [6.07, 6.45) is 11.9. The Balaban J connectivity index is 1.22. The van der Waals surface area contributed by atoms with Crippen LogP contribution >= 0.6 is 0 Å². The third-order valence-corrected chi connectivity index (χ3v) is 11.5. The van der Waals surface area contributed by atoms with Crippen LogP contribution in [-0.2, 0) is 16.1 Å². The number of aromatic nitrogens is 2. The number of nitrogens with zero attached hydrogens (tertiary/aromatic N) is 2. The summed E-state index contributed by atoms with van der Waals surface area (Å²) in [6, 6.07) is 6.31. The van der Waals surface area contributed by atoms with Crippen molar-refractivity contribution in [2.24, 2.45) is 40.4 Å². The topological polar surface area (TPSA) is 64.3 Å². The van der Waals surface area contributed by atoms with Gasteiger partial charge in [0.1, 0.15) is 0 Å². The number of aliphatic hydroxyl groups is 1. The van der Waals surface area contributed by atoms with Gasteiger partial charge >= 0.3 is 0 Å². The summed E-state index contributed by atoms with van der Waals surface area (Å²) >= 11 is 0. The van der Waals surface area contributed by atoms with Crippen molar-refractivity contribution >= 4 is 16.7 Å². The van der Waals surface area contributed by atoms with Gasteiger partial charge in [0.25, 0.3) is 0 Å². The van der Waals surface area contributed by atoms with Gasteiger partial charge in [0, 0.05) is 24.6 Å². The molecular weight excluding hydrogens is 448 g/mol. The molecule has 36 heavy (non-hydrogen) atoms. The van der Waals surface area contributed by atoms with Gasteiger partial charge in [-0.15, -0.1) is 0 Å². The van der Waals surface area contributed by atoms with Crippen molar-refractivity contribution in [3.05, 3.63) is 30.0 Å². The minimum absolute atomic E-state index is 0.0999. The van der Waals surface area contributed by atoms with E-state index in [1.54, 1.807) is 0 Å². The van der Waals surface area contributed by atoms with Gasteiger partial charge in [0.15, 0.2) is 5.78 Å². The standard InChI is InChI=1S/C31H44N2O3/c1-20-5-6-21-17-33(32-27(21)15-20)18-28(34)26-10-9-24-23-8-7-22-16-29(2,35)13-14-31(22,19-36-4)25(23)11-12-30(24,26)3/h5-6,15,17,22-26,35H,7-14,16,18-19H2,1-4H3/t22-,23-,24-,25-,26+,29+,30-,31+/m0/s1. The molecule has 4 aliphatic rings. The number of ether oxygens (including phenoxy) is 1. The van der Waals surface area contributed by atoms with Crippen LogP contribution < -0.4 is 0 Å². The van der Waals surface area contributed by atoms with E-state index in [0.29, 0.717) is 36.0 Å². The van der Waals surface area contributed by atoms with Crippen LogP contribution in [0.15, 0.2) is 24.4 Å². The fraction of sp³-hybridized carbons (Fsp3) is 0.742. The van der Waals surface area contributed by atoms with Crippen LogP contribution in [0.3, 0.4) is 0 Å². The number of ketones is 1. The minimum atomic E-state index is -0.529. The molecule has 0 saturated heterocycles. The van der Waals surface area contributed by atoms with E-state index < -0.39 is 5.60 Å². The Bertz CT molecular complexity index is 1150. The van der Waals surface area contributed by atoms with E-state index in [1.807, 2.05) is 24.9 Å². The summed E-state index contributed by atoms with van der Waals surface area (Å²) in [6.45, 7) is 7.77. The van der Waals surface area contributed by atoms with Gasteiger partial charge in [-0.05, 0) is 118 Å². The highest BCUT2D eigenvalue weighted by Crippen LogP contribution is 2.68. The molecule has 4 aliphatic carbocycles. The van der Waals surface area contributed by atoms with Crippen molar-refractivity contribution in [2.75, 3.05) is 13.7 Å². The fourth-order valence-electron chi connectivity index (χ4n) is 9.84. The van der Waals surface area contributed by atoms with Gasteiger partial charge < -0.3 is 9.84 Å². The second-order valence-corrected chi connectivity index (χ2v) is 13.5. The number of Topliss-reactive ketones (excluding diaryl/α,β-unsaturated/α-hetero) is 1. The van der Waals surface area contributed by atoms with Crippen molar-refractivity contribution < 1.29 is 14.6 Å². The maximum absolute atomic E-state index is 13.7. The number of benzene rings is 1. The Labute approximate surface area is 216 Å². The molecule has 2 aromatic rings. The molecule has 0 radical (unpaired) electrons. The van der Waals surface area contributed by atoms with Gasteiger partial charge in [-0.25, -0.2) is 0 Å². The van der Waals surface area contributed by atoms with E-state index in [9.17, 15) is 9.90 Å². The summed E-state index contributed by atoms with van der Waals surface area (Å²) in [5.74, 6) is 3.05. The van der Waals surface area contributed by atoms with Gasteiger partial charge in [-0.2, -0.15) is 5.10 Å². The van der Waals surface area contributed by atoms with E-state index in [-0.39, 0.29) is 16.7 Å². The Morgan fingerprint density at radius 3 is 2.75 bits per heavy atom. The number of carbonyl (C=O) groups excluding carboxylic acids is 1. The van der Waals surface area contributed by atoms with Crippen LogP contribution in [0.2, 0.25) is 0 Å². The highest BCUT2D eigenvalue weighted by atomic mass is 16.5. The lowest BCUT2D eigenvalue weighted by Gasteiger charge is -2.62. The lowest BCUT2D eigenvalue weighted by Crippen LogP contribution is -2.58. The van der Waals surface area contributed by atoms with Gasteiger partial charge in [0.05, 0.1) is 24.3 Å². The Hall–Kier alpha value is -1.72. The van der Waals surface area contributed by atoms with Crippen LogP contribution in [0.4, 0.5) is 0 Å². The molecule has 1 N–H and O–H groups in total. The molecule has 6 rings (SSSR count). The lowest BCUT2D eigenvalue weighted by molar-refractivity contribution is -0.175. The van der Waals surface area contributed by atoms with Crippen molar-refractivity contribution in [3.8, 4) is 0 Å². The first-order valence-electron chi connectivity index (χ1n) is 14.3. The van der Waals surface area contributed by atoms with Crippen molar-refractivity contribution in [1.29, 1.82) is 0 Å². The SMILES string of the molecule is COC[C@]12CC[C@@](C)(O)C[C@@H]1CC[C@H]1[C@@H]3CC[C@H](C(=O)Cn4cc5ccc(C)cc5n4)[C@@]3(C)CC[C@@H]12. The molecule has 5 nitrogen and oxygen atoms in total. The molecule has 4 saturated carbocycles. The third-order valence-electron chi connectivity index (χ3n) is 11.5. The minimum Gasteiger partial charge on any atom is -0.390 e. The fourth-order valence-corrected chi connectivity index (χ4v) is 9.84. The Morgan fingerprint density at radius 1 is 1.11 bits per heavy atom. The molecule has 1 aromatic carbocycles. The molecule has 1 aromatic heterocycles. The highest BCUT2D eigenvalue weighted by Gasteiger charge is 2.63. The summed E-state index contributed by atoms with van der Waals surface area (Å²) < 4.78 is 7.78.